The summed E-state index contributed by atoms with van der Waals surface area (Å²) in [6.45, 7) is 3.42. The topological polar surface area (TPSA) is 38.2 Å². The first-order valence-corrected chi connectivity index (χ1v) is 7.55. The highest BCUT2D eigenvalue weighted by atomic mass is 16.5. The molecule has 0 spiro atoms. The fourth-order valence-electron chi connectivity index (χ4n) is 2.79. The molecule has 110 valence electrons. The Bertz CT molecular complexity index is 797. The van der Waals surface area contributed by atoms with E-state index in [4.69, 9.17) is 9.72 Å². The highest BCUT2D eigenvalue weighted by Gasteiger charge is 2.12. The lowest BCUT2D eigenvalue weighted by Crippen LogP contribution is -2.36. The first kappa shape index (κ1) is 13.2. The molecule has 0 radical (unpaired) electrons. The van der Waals surface area contributed by atoms with Gasteiger partial charge in [-0.05, 0) is 24.3 Å². The number of fused-ring (bicyclic) bond motifs is 1. The van der Waals surface area contributed by atoms with Crippen LogP contribution in [0.25, 0.3) is 22.3 Å². The Balaban J connectivity index is 1.71. The number of aromatic nitrogens is 2. The molecule has 1 saturated heterocycles. The zero-order valence-electron chi connectivity index (χ0n) is 12.3. The zero-order valence-corrected chi connectivity index (χ0v) is 12.3. The van der Waals surface area contributed by atoms with Crippen molar-refractivity contribution >= 4 is 16.6 Å². The maximum absolute atomic E-state index is 5.41. The van der Waals surface area contributed by atoms with Crippen molar-refractivity contribution in [3.05, 3.63) is 54.7 Å². The molecular weight excluding hydrogens is 274 g/mol. The monoisotopic (exact) mass is 291 g/mol. The Morgan fingerprint density at radius 1 is 0.909 bits per heavy atom. The van der Waals surface area contributed by atoms with E-state index < -0.39 is 0 Å². The second kappa shape index (κ2) is 5.73. The molecule has 1 aliphatic heterocycles. The number of ether oxygens (including phenoxy) is 1. The number of morpholine rings is 1. The lowest BCUT2D eigenvalue weighted by atomic mass is 10.1. The Labute approximate surface area is 129 Å². The summed E-state index contributed by atoms with van der Waals surface area (Å²) in [6, 6.07) is 16.4. The zero-order chi connectivity index (χ0) is 14.8. The van der Waals surface area contributed by atoms with Crippen LogP contribution in [0.4, 0.5) is 5.69 Å². The fraction of sp³-hybridized carbons (Fsp3) is 0.222. The van der Waals surface area contributed by atoms with Gasteiger partial charge >= 0.3 is 0 Å². The van der Waals surface area contributed by atoms with Gasteiger partial charge in [-0.1, -0.05) is 24.3 Å². The summed E-state index contributed by atoms with van der Waals surface area (Å²) < 4.78 is 5.41. The molecule has 1 aliphatic rings. The second-order valence-electron chi connectivity index (χ2n) is 5.39. The van der Waals surface area contributed by atoms with Crippen molar-refractivity contribution in [3.8, 4) is 11.4 Å². The first-order valence-electron chi connectivity index (χ1n) is 7.55. The van der Waals surface area contributed by atoms with Crippen LogP contribution in [0.3, 0.4) is 0 Å². The molecule has 4 heteroatoms. The van der Waals surface area contributed by atoms with Crippen LogP contribution in [0.5, 0.6) is 0 Å². The number of pyridine rings is 2. The van der Waals surface area contributed by atoms with Crippen molar-refractivity contribution < 1.29 is 4.74 Å². The maximum atomic E-state index is 5.41. The predicted octanol–water partition coefficient (Wildman–Crippen LogP) is 3.13. The van der Waals surface area contributed by atoms with Gasteiger partial charge in [0.2, 0.25) is 0 Å². The standard InChI is InChI=1S/C18H17N3O/c1-2-4-16-14(3-1)5-6-17(20-16)18-13-15(7-8-19-18)21-9-11-22-12-10-21/h1-8,13H,9-12H2. The van der Waals surface area contributed by atoms with Crippen LogP contribution in [0.1, 0.15) is 0 Å². The van der Waals surface area contributed by atoms with E-state index in [1.54, 1.807) is 0 Å². The predicted molar refractivity (Wildman–Crippen MR) is 88.0 cm³/mol. The molecular formula is C18H17N3O. The average molecular weight is 291 g/mol. The van der Waals surface area contributed by atoms with Crippen LogP contribution in [0.2, 0.25) is 0 Å². The molecule has 1 aromatic carbocycles. The van der Waals surface area contributed by atoms with E-state index in [1.165, 1.54) is 5.69 Å². The van der Waals surface area contributed by atoms with Crippen LogP contribution in [0, 0.1) is 0 Å². The third kappa shape index (κ3) is 2.53. The van der Waals surface area contributed by atoms with Crippen molar-refractivity contribution in [2.75, 3.05) is 31.2 Å². The van der Waals surface area contributed by atoms with Crippen molar-refractivity contribution in [2.45, 2.75) is 0 Å². The second-order valence-corrected chi connectivity index (χ2v) is 5.39. The van der Waals surface area contributed by atoms with E-state index in [1.807, 2.05) is 30.5 Å². The Hall–Kier alpha value is -2.46. The lowest BCUT2D eigenvalue weighted by Gasteiger charge is -2.28. The molecule has 2 aromatic heterocycles. The Morgan fingerprint density at radius 2 is 1.77 bits per heavy atom. The SMILES string of the molecule is c1ccc2nc(-c3cc(N4CCOCC4)ccn3)ccc2c1. The number of hydrogen-bond donors (Lipinski definition) is 0. The van der Waals surface area contributed by atoms with E-state index in [-0.39, 0.29) is 0 Å². The van der Waals surface area contributed by atoms with Crippen LogP contribution < -0.4 is 4.90 Å². The minimum Gasteiger partial charge on any atom is -0.378 e. The third-order valence-electron chi connectivity index (χ3n) is 3.98. The first-order chi connectivity index (χ1) is 10.9. The van der Waals surface area contributed by atoms with E-state index in [9.17, 15) is 0 Å². The van der Waals surface area contributed by atoms with Crippen molar-refractivity contribution in [1.82, 2.24) is 9.97 Å². The molecule has 0 atom stereocenters. The molecule has 0 N–H and O–H groups in total. The van der Waals surface area contributed by atoms with Crippen LogP contribution >= 0.6 is 0 Å². The van der Waals surface area contributed by atoms with Crippen LogP contribution in [-0.2, 0) is 4.74 Å². The molecule has 0 unspecified atom stereocenters. The largest absolute Gasteiger partial charge is 0.378 e. The minimum absolute atomic E-state index is 0.784. The lowest BCUT2D eigenvalue weighted by molar-refractivity contribution is 0.122. The van der Waals surface area contributed by atoms with Gasteiger partial charge in [0.05, 0.1) is 30.1 Å². The molecule has 0 amide bonds. The maximum Gasteiger partial charge on any atom is 0.0907 e. The van der Waals surface area contributed by atoms with E-state index in [0.29, 0.717) is 0 Å². The summed E-state index contributed by atoms with van der Waals surface area (Å²) in [5, 5.41) is 1.15. The molecule has 0 saturated carbocycles. The highest BCUT2D eigenvalue weighted by Crippen LogP contribution is 2.23. The summed E-state index contributed by atoms with van der Waals surface area (Å²) in [4.78, 5) is 11.5. The number of hydrogen-bond acceptors (Lipinski definition) is 4. The molecule has 1 fully saturated rings. The third-order valence-corrected chi connectivity index (χ3v) is 3.98. The van der Waals surface area contributed by atoms with Crippen molar-refractivity contribution in [1.29, 1.82) is 0 Å². The summed E-state index contributed by atoms with van der Waals surface area (Å²) in [5.74, 6) is 0. The van der Waals surface area contributed by atoms with Crippen molar-refractivity contribution in [3.63, 3.8) is 0 Å². The molecule has 0 bridgehead atoms. The summed E-state index contributed by atoms with van der Waals surface area (Å²) in [6.07, 6.45) is 1.86. The van der Waals surface area contributed by atoms with Gasteiger partial charge in [-0.2, -0.15) is 0 Å². The van der Waals surface area contributed by atoms with E-state index in [2.05, 4.69) is 34.1 Å². The summed E-state index contributed by atoms with van der Waals surface area (Å²) in [5.41, 5.74) is 4.00. The molecule has 3 aromatic rings. The fourth-order valence-corrected chi connectivity index (χ4v) is 2.79. The molecule has 22 heavy (non-hydrogen) atoms. The van der Waals surface area contributed by atoms with Gasteiger partial charge in [0.25, 0.3) is 0 Å². The smallest absolute Gasteiger partial charge is 0.0907 e. The normalized spacial score (nSPS) is 15.2. The Morgan fingerprint density at radius 3 is 2.68 bits per heavy atom. The number of anilines is 1. The quantitative estimate of drug-likeness (QED) is 0.727. The number of rotatable bonds is 2. The van der Waals surface area contributed by atoms with Gasteiger partial charge in [0.1, 0.15) is 0 Å². The number of nitrogens with zero attached hydrogens (tertiary/aromatic N) is 3. The van der Waals surface area contributed by atoms with Gasteiger partial charge < -0.3 is 9.64 Å². The van der Waals surface area contributed by atoms with Crippen molar-refractivity contribution in [2.24, 2.45) is 0 Å². The molecule has 4 rings (SSSR count). The van der Waals surface area contributed by atoms with Gasteiger partial charge in [-0.25, -0.2) is 4.98 Å². The Kier molecular flexibility index (Phi) is 3.45. The van der Waals surface area contributed by atoms with Gasteiger partial charge in [-0.15, -0.1) is 0 Å². The van der Waals surface area contributed by atoms with Gasteiger partial charge in [-0.3, -0.25) is 4.98 Å². The average Bonchev–Trinajstić information content (AvgIpc) is 2.62. The number of para-hydroxylation sites is 1. The summed E-state index contributed by atoms with van der Waals surface area (Å²) in [7, 11) is 0. The molecule has 3 heterocycles. The van der Waals surface area contributed by atoms with Crippen LogP contribution in [-0.4, -0.2) is 36.3 Å². The molecule has 4 nitrogen and oxygen atoms in total. The summed E-state index contributed by atoms with van der Waals surface area (Å²) >= 11 is 0. The minimum atomic E-state index is 0.784. The van der Waals surface area contributed by atoms with Crippen LogP contribution in [0.15, 0.2) is 54.7 Å². The van der Waals surface area contributed by atoms with E-state index >= 15 is 0 Å². The van der Waals surface area contributed by atoms with Gasteiger partial charge in [0, 0.05) is 30.4 Å². The highest BCUT2D eigenvalue weighted by molar-refractivity contribution is 5.81. The van der Waals surface area contributed by atoms with Gasteiger partial charge in [0.15, 0.2) is 0 Å². The molecule has 0 aliphatic carbocycles. The van der Waals surface area contributed by atoms with E-state index in [0.717, 1.165) is 48.6 Å². The number of benzene rings is 1.